The number of esters is 1. The van der Waals surface area contributed by atoms with E-state index in [0.29, 0.717) is 12.8 Å². The molecular weight excluding hydrogens is 221 g/mol. The van der Waals surface area contributed by atoms with Crippen molar-refractivity contribution in [1.29, 1.82) is 0 Å². The third-order valence-electron chi connectivity index (χ3n) is 2.14. The monoisotopic (exact) mass is 231 g/mol. The quantitative estimate of drug-likeness (QED) is 0.808. The highest BCUT2D eigenvalue weighted by Crippen LogP contribution is 2.51. The van der Waals surface area contributed by atoms with Gasteiger partial charge in [-0.05, 0) is 19.8 Å². The minimum atomic E-state index is -1.42. The molecule has 0 unspecified atom stereocenters. The van der Waals surface area contributed by atoms with Gasteiger partial charge in [0.2, 0.25) is 5.88 Å². The summed E-state index contributed by atoms with van der Waals surface area (Å²) in [5.74, 6) is -1.08. The number of nitrogens with zero attached hydrogens (tertiary/aromatic N) is 1. The van der Waals surface area contributed by atoms with Gasteiger partial charge in [0.25, 0.3) is 0 Å². The average Bonchev–Trinajstić information content (AvgIpc) is 2.78. The molecule has 6 heteroatoms. The minimum Gasteiger partial charge on any atom is -0.492 e. The lowest BCUT2D eigenvalue weighted by molar-refractivity contribution is 0.0528. The van der Waals surface area contributed by atoms with Gasteiger partial charge in [-0.3, -0.25) is 0 Å². The Morgan fingerprint density at radius 2 is 2.40 bits per heavy atom. The summed E-state index contributed by atoms with van der Waals surface area (Å²) in [5.41, 5.74) is -1.42. The number of carbonyl (C=O) groups is 1. The Morgan fingerprint density at radius 3 is 2.93 bits per heavy atom. The van der Waals surface area contributed by atoms with Crippen LogP contribution in [-0.2, 0) is 10.4 Å². The Kier molecular flexibility index (Phi) is 2.38. The molecule has 0 amide bonds. The SMILES string of the molecule is CCOC(=O)c1sc(C2(F)CC2)nc1O. The molecule has 1 aromatic heterocycles. The van der Waals surface area contributed by atoms with Crippen LogP contribution < -0.4 is 0 Å². The van der Waals surface area contributed by atoms with Crippen molar-refractivity contribution in [2.24, 2.45) is 0 Å². The van der Waals surface area contributed by atoms with Crippen LogP contribution in [0.3, 0.4) is 0 Å². The highest BCUT2D eigenvalue weighted by atomic mass is 32.1. The molecule has 15 heavy (non-hydrogen) atoms. The van der Waals surface area contributed by atoms with Gasteiger partial charge in [-0.25, -0.2) is 14.2 Å². The molecule has 0 saturated heterocycles. The lowest BCUT2D eigenvalue weighted by Gasteiger charge is -1.97. The van der Waals surface area contributed by atoms with Crippen LogP contribution in [-0.4, -0.2) is 22.7 Å². The van der Waals surface area contributed by atoms with E-state index in [1.165, 1.54) is 0 Å². The summed E-state index contributed by atoms with van der Waals surface area (Å²) in [7, 11) is 0. The van der Waals surface area contributed by atoms with Gasteiger partial charge in [-0.1, -0.05) is 0 Å². The molecule has 82 valence electrons. The first-order valence-corrected chi connectivity index (χ1v) is 5.45. The summed E-state index contributed by atoms with van der Waals surface area (Å²) >= 11 is 0.866. The molecule has 0 aliphatic heterocycles. The highest BCUT2D eigenvalue weighted by molar-refractivity contribution is 7.14. The zero-order chi connectivity index (χ0) is 11.1. The normalized spacial score (nSPS) is 17.5. The summed E-state index contributed by atoms with van der Waals surface area (Å²) in [5, 5.41) is 9.52. The Morgan fingerprint density at radius 1 is 1.73 bits per heavy atom. The highest BCUT2D eigenvalue weighted by Gasteiger charge is 2.48. The van der Waals surface area contributed by atoms with Crippen molar-refractivity contribution in [2.45, 2.75) is 25.4 Å². The molecule has 0 radical (unpaired) electrons. The zero-order valence-corrected chi connectivity index (χ0v) is 8.93. The first kappa shape index (κ1) is 10.4. The predicted octanol–water partition coefficient (Wildman–Crippen LogP) is 1.98. The summed E-state index contributed by atoms with van der Waals surface area (Å²) in [6, 6.07) is 0. The second-order valence-electron chi connectivity index (χ2n) is 3.36. The van der Waals surface area contributed by atoms with Crippen molar-refractivity contribution in [3.05, 3.63) is 9.88 Å². The number of ether oxygens (including phenoxy) is 1. The number of thiazole rings is 1. The number of rotatable bonds is 3. The van der Waals surface area contributed by atoms with E-state index < -0.39 is 17.5 Å². The molecule has 4 nitrogen and oxygen atoms in total. The Bertz CT molecular complexity index is 400. The molecule has 1 saturated carbocycles. The molecule has 1 fully saturated rings. The summed E-state index contributed by atoms with van der Waals surface area (Å²) in [4.78, 5) is 14.9. The summed E-state index contributed by atoms with van der Waals surface area (Å²) in [6.45, 7) is 1.88. The van der Waals surface area contributed by atoms with Crippen LogP contribution >= 0.6 is 11.3 Å². The van der Waals surface area contributed by atoms with Gasteiger partial charge < -0.3 is 9.84 Å². The van der Waals surface area contributed by atoms with Gasteiger partial charge in [-0.15, -0.1) is 11.3 Å². The van der Waals surface area contributed by atoms with Crippen molar-refractivity contribution in [2.75, 3.05) is 6.61 Å². The molecule has 1 N–H and O–H groups in total. The number of carbonyl (C=O) groups excluding carboxylic acids is 1. The standard InChI is InChI=1S/C9H10FNO3S/c1-2-14-7(13)5-6(12)11-8(15-5)9(10)3-4-9/h12H,2-4H2,1H3. The molecular formula is C9H10FNO3S. The van der Waals surface area contributed by atoms with Gasteiger partial charge in [0.05, 0.1) is 6.61 Å². The Hall–Kier alpha value is -1.17. The van der Waals surface area contributed by atoms with Crippen molar-refractivity contribution in [1.82, 2.24) is 4.98 Å². The molecule has 0 spiro atoms. The fraction of sp³-hybridized carbons (Fsp3) is 0.556. The van der Waals surface area contributed by atoms with Crippen LogP contribution in [0.5, 0.6) is 5.88 Å². The lowest BCUT2D eigenvalue weighted by Crippen LogP contribution is -2.02. The van der Waals surface area contributed by atoms with Crippen molar-refractivity contribution >= 4 is 17.3 Å². The third kappa shape index (κ3) is 1.81. The lowest BCUT2D eigenvalue weighted by atomic mass is 10.4. The number of halogens is 1. The third-order valence-corrected chi connectivity index (χ3v) is 3.35. The molecule has 0 aromatic carbocycles. The molecule has 2 rings (SSSR count). The molecule has 1 aliphatic rings. The molecule has 1 aromatic rings. The van der Waals surface area contributed by atoms with E-state index in [1.807, 2.05) is 0 Å². The van der Waals surface area contributed by atoms with E-state index in [1.54, 1.807) is 6.92 Å². The van der Waals surface area contributed by atoms with Crippen molar-refractivity contribution in [3.8, 4) is 5.88 Å². The second kappa shape index (κ2) is 3.44. The van der Waals surface area contributed by atoms with Crippen LogP contribution in [0, 0.1) is 0 Å². The zero-order valence-electron chi connectivity index (χ0n) is 8.12. The fourth-order valence-electron chi connectivity index (χ4n) is 1.16. The van der Waals surface area contributed by atoms with Gasteiger partial charge in [0.15, 0.2) is 10.5 Å². The molecule has 0 atom stereocenters. The van der Waals surface area contributed by atoms with E-state index in [4.69, 9.17) is 4.74 Å². The first-order chi connectivity index (χ1) is 7.07. The van der Waals surface area contributed by atoms with E-state index in [0.717, 1.165) is 11.3 Å². The molecule has 1 aliphatic carbocycles. The number of aromatic hydroxyl groups is 1. The Balaban J connectivity index is 2.25. The van der Waals surface area contributed by atoms with Crippen LogP contribution in [0.2, 0.25) is 0 Å². The van der Waals surface area contributed by atoms with Crippen LogP contribution in [0.15, 0.2) is 0 Å². The maximum atomic E-state index is 13.6. The van der Waals surface area contributed by atoms with Crippen LogP contribution in [0.25, 0.3) is 0 Å². The van der Waals surface area contributed by atoms with Crippen LogP contribution in [0.1, 0.15) is 34.4 Å². The number of alkyl halides is 1. The maximum absolute atomic E-state index is 13.6. The van der Waals surface area contributed by atoms with E-state index in [2.05, 4.69) is 4.98 Å². The number of aromatic nitrogens is 1. The van der Waals surface area contributed by atoms with Gasteiger partial charge in [-0.2, -0.15) is 0 Å². The van der Waals surface area contributed by atoms with Gasteiger partial charge in [0.1, 0.15) is 5.01 Å². The largest absolute Gasteiger partial charge is 0.492 e. The first-order valence-electron chi connectivity index (χ1n) is 4.63. The van der Waals surface area contributed by atoms with E-state index in [9.17, 15) is 14.3 Å². The fourth-order valence-corrected chi connectivity index (χ4v) is 2.15. The van der Waals surface area contributed by atoms with E-state index in [-0.39, 0.29) is 16.5 Å². The maximum Gasteiger partial charge on any atom is 0.353 e. The molecule has 1 heterocycles. The average molecular weight is 231 g/mol. The summed E-state index contributed by atoms with van der Waals surface area (Å²) < 4.78 is 18.3. The van der Waals surface area contributed by atoms with Gasteiger partial charge >= 0.3 is 5.97 Å². The second-order valence-corrected chi connectivity index (χ2v) is 4.36. The molecule has 0 bridgehead atoms. The topological polar surface area (TPSA) is 59.4 Å². The minimum absolute atomic E-state index is 0.0178. The van der Waals surface area contributed by atoms with Crippen molar-refractivity contribution < 1.29 is 19.0 Å². The summed E-state index contributed by atoms with van der Waals surface area (Å²) in [6.07, 6.45) is 0.810. The van der Waals surface area contributed by atoms with Crippen molar-refractivity contribution in [3.63, 3.8) is 0 Å². The predicted molar refractivity (Wildman–Crippen MR) is 51.8 cm³/mol. The van der Waals surface area contributed by atoms with Crippen LogP contribution in [0.4, 0.5) is 4.39 Å². The Labute approximate surface area is 89.7 Å². The van der Waals surface area contributed by atoms with E-state index >= 15 is 0 Å². The number of hydrogen-bond acceptors (Lipinski definition) is 5. The number of hydrogen-bond donors (Lipinski definition) is 1. The smallest absolute Gasteiger partial charge is 0.353 e. The van der Waals surface area contributed by atoms with Gasteiger partial charge in [0, 0.05) is 0 Å².